The van der Waals surface area contributed by atoms with Gasteiger partial charge in [0.1, 0.15) is 0 Å². The fourth-order valence-electron chi connectivity index (χ4n) is 2.02. The van der Waals surface area contributed by atoms with Crippen molar-refractivity contribution in [2.24, 2.45) is 0 Å². The molecule has 124 valence electrons. The van der Waals surface area contributed by atoms with Crippen molar-refractivity contribution in [3.05, 3.63) is 70.7 Å². The summed E-state index contributed by atoms with van der Waals surface area (Å²) in [6.45, 7) is 0. The number of nitrogens with one attached hydrogen (secondary N) is 2. The van der Waals surface area contributed by atoms with Crippen LogP contribution < -0.4 is 10.6 Å². The topological polar surface area (TPSA) is 67.4 Å². The summed E-state index contributed by atoms with van der Waals surface area (Å²) >= 11 is 11.1. The number of benzene rings is 2. The summed E-state index contributed by atoms with van der Waals surface area (Å²) < 4.78 is 4.78. The molecule has 0 heterocycles. The van der Waals surface area contributed by atoms with Crippen molar-refractivity contribution < 1.29 is 14.3 Å². The molecule has 2 aromatic carbocycles. The van der Waals surface area contributed by atoms with Crippen LogP contribution in [-0.4, -0.2) is 24.1 Å². The highest BCUT2D eigenvalue weighted by molar-refractivity contribution is 7.80. The molecule has 0 spiro atoms. The van der Waals surface area contributed by atoms with Gasteiger partial charge in [0.25, 0.3) is 5.91 Å². The lowest BCUT2D eigenvalue weighted by atomic mass is 10.1. The van der Waals surface area contributed by atoms with Gasteiger partial charge in [-0.25, -0.2) is 4.79 Å². The maximum Gasteiger partial charge on any atom is 0.333 e. The standard InChI is InChI=1S/C17H15ClN2O3S/c1-23-16(22)14(11-7-3-2-4-8-11)19-17(24)20-15(21)12-9-5-6-10-13(12)18/h2-10,14H,1H3,(H2,19,20,21,24). The maximum absolute atomic E-state index is 12.2. The van der Waals surface area contributed by atoms with E-state index in [1.54, 1.807) is 48.5 Å². The van der Waals surface area contributed by atoms with Crippen LogP contribution in [0.2, 0.25) is 5.02 Å². The Morgan fingerprint density at radius 1 is 1.08 bits per heavy atom. The molecule has 0 fully saturated rings. The van der Waals surface area contributed by atoms with Gasteiger partial charge in [0.05, 0.1) is 17.7 Å². The Balaban J connectivity index is 2.10. The molecule has 0 aliphatic rings. The molecule has 1 amide bonds. The highest BCUT2D eigenvalue weighted by Gasteiger charge is 2.23. The molecule has 0 radical (unpaired) electrons. The Hall–Kier alpha value is -2.44. The first-order valence-electron chi connectivity index (χ1n) is 7.02. The van der Waals surface area contributed by atoms with E-state index in [-0.39, 0.29) is 10.7 Å². The van der Waals surface area contributed by atoms with Crippen molar-refractivity contribution >= 4 is 40.8 Å². The van der Waals surface area contributed by atoms with Gasteiger partial charge in [-0.15, -0.1) is 0 Å². The number of hydrogen-bond donors (Lipinski definition) is 2. The van der Waals surface area contributed by atoms with Crippen LogP contribution in [0.15, 0.2) is 54.6 Å². The van der Waals surface area contributed by atoms with Crippen molar-refractivity contribution in [3.8, 4) is 0 Å². The van der Waals surface area contributed by atoms with E-state index in [1.165, 1.54) is 7.11 Å². The Morgan fingerprint density at radius 3 is 2.33 bits per heavy atom. The van der Waals surface area contributed by atoms with Crippen LogP contribution in [0.1, 0.15) is 22.0 Å². The van der Waals surface area contributed by atoms with Gasteiger partial charge in [0.2, 0.25) is 0 Å². The van der Waals surface area contributed by atoms with Crippen LogP contribution >= 0.6 is 23.8 Å². The molecule has 7 heteroatoms. The first-order chi connectivity index (χ1) is 11.5. The summed E-state index contributed by atoms with van der Waals surface area (Å²) in [6, 6.07) is 14.7. The van der Waals surface area contributed by atoms with Crippen LogP contribution in [0, 0.1) is 0 Å². The van der Waals surface area contributed by atoms with Gasteiger partial charge in [-0.05, 0) is 29.9 Å². The molecule has 2 N–H and O–H groups in total. The number of thiocarbonyl (C=S) groups is 1. The normalized spacial score (nSPS) is 11.2. The summed E-state index contributed by atoms with van der Waals surface area (Å²) in [5, 5.41) is 5.60. The molecule has 0 saturated carbocycles. The largest absolute Gasteiger partial charge is 0.467 e. The number of carbonyl (C=O) groups is 2. The Kier molecular flexibility index (Phi) is 6.28. The van der Waals surface area contributed by atoms with E-state index in [1.807, 2.05) is 6.07 Å². The van der Waals surface area contributed by atoms with E-state index in [0.29, 0.717) is 10.6 Å². The Morgan fingerprint density at radius 2 is 1.71 bits per heavy atom. The number of hydrogen-bond acceptors (Lipinski definition) is 4. The fraction of sp³-hybridized carbons (Fsp3) is 0.118. The van der Waals surface area contributed by atoms with Crippen LogP contribution in [0.4, 0.5) is 0 Å². The summed E-state index contributed by atoms with van der Waals surface area (Å²) in [4.78, 5) is 24.2. The van der Waals surface area contributed by atoms with Crippen molar-refractivity contribution in [1.29, 1.82) is 0 Å². The second-order valence-corrected chi connectivity index (χ2v) is 5.59. The SMILES string of the molecule is COC(=O)C(NC(=S)NC(=O)c1ccccc1Cl)c1ccccc1. The molecule has 5 nitrogen and oxygen atoms in total. The van der Waals surface area contributed by atoms with Gasteiger partial charge >= 0.3 is 5.97 Å². The molecule has 1 atom stereocenters. The summed E-state index contributed by atoms with van der Waals surface area (Å²) in [6.07, 6.45) is 0. The first kappa shape index (κ1) is 17.9. The van der Waals surface area contributed by atoms with Crippen molar-refractivity contribution in [3.63, 3.8) is 0 Å². The predicted molar refractivity (Wildman–Crippen MR) is 95.9 cm³/mol. The average Bonchev–Trinajstić information content (AvgIpc) is 2.60. The minimum Gasteiger partial charge on any atom is -0.467 e. The van der Waals surface area contributed by atoms with Crippen LogP contribution in [0.25, 0.3) is 0 Å². The zero-order valence-electron chi connectivity index (χ0n) is 12.8. The van der Waals surface area contributed by atoms with Crippen LogP contribution in [-0.2, 0) is 9.53 Å². The molecule has 1 unspecified atom stereocenters. The highest BCUT2D eigenvalue weighted by atomic mass is 35.5. The quantitative estimate of drug-likeness (QED) is 0.646. The van der Waals surface area contributed by atoms with E-state index in [0.717, 1.165) is 0 Å². The van der Waals surface area contributed by atoms with Gasteiger partial charge in [-0.3, -0.25) is 10.1 Å². The van der Waals surface area contributed by atoms with Gasteiger partial charge in [0, 0.05) is 0 Å². The van der Waals surface area contributed by atoms with Gasteiger partial charge in [0.15, 0.2) is 11.2 Å². The van der Waals surface area contributed by atoms with Crippen molar-refractivity contribution in [2.45, 2.75) is 6.04 Å². The third-order valence-corrected chi connectivity index (χ3v) is 3.74. The first-order valence-corrected chi connectivity index (χ1v) is 7.80. The van der Waals surface area contributed by atoms with Crippen LogP contribution in [0.5, 0.6) is 0 Å². The van der Waals surface area contributed by atoms with Crippen molar-refractivity contribution in [2.75, 3.05) is 7.11 Å². The third kappa shape index (κ3) is 4.53. The zero-order chi connectivity index (χ0) is 17.5. The maximum atomic E-state index is 12.2. The lowest BCUT2D eigenvalue weighted by molar-refractivity contribution is -0.142. The highest BCUT2D eigenvalue weighted by Crippen LogP contribution is 2.16. The second kappa shape index (κ2) is 8.42. The molecule has 0 aliphatic heterocycles. The van der Waals surface area contributed by atoms with E-state index in [2.05, 4.69) is 10.6 Å². The summed E-state index contributed by atoms with van der Waals surface area (Å²) in [7, 11) is 1.28. The fourth-order valence-corrected chi connectivity index (χ4v) is 2.46. The third-order valence-electron chi connectivity index (χ3n) is 3.19. The molecule has 0 bridgehead atoms. The number of methoxy groups -OCH3 is 1. The minimum atomic E-state index is -0.824. The molecule has 0 saturated heterocycles. The monoisotopic (exact) mass is 362 g/mol. The number of rotatable bonds is 4. The number of esters is 1. The Bertz CT molecular complexity index is 753. The smallest absolute Gasteiger partial charge is 0.333 e. The molecule has 0 aliphatic carbocycles. The Labute approximate surface area is 150 Å². The minimum absolute atomic E-state index is 0.000766. The zero-order valence-corrected chi connectivity index (χ0v) is 14.4. The number of carbonyl (C=O) groups excluding carboxylic acids is 2. The molecule has 2 rings (SSSR count). The molecule has 2 aromatic rings. The molecule has 0 aromatic heterocycles. The van der Waals surface area contributed by atoms with Crippen molar-refractivity contribution in [1.82, 2.24) is 10.6 Å². The number of halogens is 1. The van der Waals surface area contributed by atoms with Crippen LogP contribution in [0.3, 0.4) is 0 Å². The van der Waals surface area contributed by atoms with Gasteiger partial charge in [-0.1, -0.05) is 54.1 Å². The number of ether oxygens (including phenoxy) is 1. The lowest BCUT2D eigenvalue weighted by Gasteiger charge is -2.19. The summed E-state index contributed by atoms with van der Waals surface area (Å²) in [5.41, 5.74) is 0.955. The van der Waals surface area contributed by atoms with E-state index >= 15 is 0 Å². The van der Waals surface area contributed by atoms with E-state index < -0.39 is 17.9 Å². The van der Waals surface area contributed by atoms with Gasteiger partial charge in [-0.2, -0.15) is 0 Å². The van der Waals surface area contributed by atoms with Gasteiger partial charge < -0.3 is 10.1 Å². The molecule has 24 heavy (non-hydrogen) atoms. The van der Waals surface area contributed by atoms with E-state index in [9.17, 15) is 9.59 Å². The van der Waals surface area contributed by atoms with E-state index in [4.69, 9.17) is 28.6 Å². The number of amides is 1. The predicted octanol–water partition coefficient (Wildman–Crippen LogP) is 2.86. The second-order valence-electron chi connectivity index (χ2n) is 4.77. The molecular formula is C17H15ClN2O3S. The lowest BCUT2D eigenvalue weighted by Crippen LogP contribution is -2.43. The average molecular weight is 363 g/mol. The summed E-state index contributed by atoms with van der Waals surface area (Å²) in [5.74, 6) is -0.981. The molecular weight excluding hydrogens is 348 g/mol.